The molecule has 100 valence electrons. The summed E-state index contributed by atoms with van der Waals surface area (Å²) in [6.07, 6.45) is 1.98. The molecule has 0 unspecified atom stereocenters. The van der Waals surface area contributed by atoms with Crippen LogP contribution in [0.4, 0.5) is 5.69 Å². The first kappa shape index (κ1) is 12.4. The van der Waals surface area contributed by atoms with Gasteiger partial charge in [-0.05, 0) is 44.9 Å². The number of nitrogens with one attached hydrogen (secondary N) is 1. The van der Waals surface area contributed by atoms with Crippen LogP contribution in [0.2, 0.25) is 0 Å². The number of benzene rings is 1. The van der Waals surface area contributed by atoms with Crippen molar-refractivity contribution in [3.8, 4) is 0 Å². The number of rotatable bonds is 3. The van der Waals surface area contributed by atoms with Gasteiger partial charge < -0.3 is 5.32 Å². The number of amides is 1. The zero-order chi connectivity index (χ0) is 13.6. The molecule has 1 aromatic heterocycles. The number of nitrogens with zero attached hydrogens (tertiary/aromatic N) is 1. The summed E-state index contributed by atoms with van der Waals surface area (Å²) in [5, 5.41) is 2.91. The second-order valence-corrected chi connectivity index (χ2v) is 6.27. The normalized spacial score (nSPS) is 15.1. The molecule has 1 amide bonds. The Morgan fingerprint density at radius 2 is 2.16 bits per heavy atom. The maximum atomic E-state index is 11.9. The molecule has 1 heterocycles. The van der Waals surface area contributed by atoms with Gasteiger partial charge in [0.15, 0.2) is 0 Å². The minimum absolute atomic E-state index is 0.0515. The van der Waals surface area contributed by atoms with Crippen LogP contribution in [0.3, 0.4) is 0 Å². The lowest BCUT2D eigenvalue weighted by Gasteiger charge is -2.08. The molecule has 19 heavy (non-hydrogen) atoms. The van der Waals surface area contributed by atoms with Crippen molar-refractivity contribution in [2.75, 3.05) is 5.32 Å². The number of carbonyl (C=O) groups excluding carboxylic acids is 1. The molecule has 0 radical (unpaired) electrons. The van der Waals surface area contributed by atoms with Gasteiger partial charge >= 0.3 is 4.87 Å². The van der Waals surface area contributed by atoms with Gasteiger partial charge in [0.25, 0.3) is 0 Å². The lowest BCUT2D eigenvalue weighted by atomic mass is 10.2. The van der Waals surface area contributed by atoms with E-state index in [1.807, 2.05) is 32.0 Å². The smallest absolute Gasteiger partial charge is 0.308 e. The zero-order valence-electron chi connectivity index (χ0n) is 11.0. The standard InChI is InChI=1S/C14H16N2O2S/c1-8(2)16-11-6-5-10(7-12(11)19-14(16)18)15-13(17)9-3-4-9/h5-9H,3-4H2,1-2H3,(H,15,17). The highest BCUT2D eigenvalue weighted by Gasteiger charge is 2.29. The van der Waals surface area contributed by atoms with Gasteiger partial charge in [0.05, 0.1) is 10.2 Å². The quantitative estimate of drug-likeness (QED) is 0.937. The summed E-state index contributed by atoms with van der Waals surface area (Å²) in [6, 6.07) is 5.82. The van der Waals surface area contributed by atoms with E-state index in [2.05, 4.69) is 5.32 Å². The lowest BCUT2D eigenvalue weighted by molar-refractivity contribution is -0.117. The summed E-state index contributed by atoms with van der Waals surface area (Å²) in [5.41, 5.74) is 1.72. The van der Waals surface area contributed by atoms with E-state index in [-0.39, 0.29) is 22.7 Å². The Balaban J connectivity index is 1.97. The third-order valence-electron chi connectivity index (χ3n) is 3.35. The first-order valence-corrected chi connectivity index (χ1v) is 7.34. The molecule has 0 aliphatic heterocycles. The Hall–Kier alpha value is -1.62. The van der Waals surface area contributed by atoms with Crippen LogP contribution < -0.4 is 10.2 Å². The number of fused-ring (bicyclic) bond motifs is 1. The summed E-state index contributed by atoms with van der Waals surface area (Å²) in [5.74, 6) is 0.282. The SMILES string of the molecule is CC(C)n1c(=O)sc2cc(NC(=O)C3CC3)ccc21. The van der Waals surface area contributed by atoms with Crippen LogP contribution in [-0.4, -0.2) is 10.5 Å². The maximum absolute atomic E-state index is 11.9. The Morgan fingerprint density at radius 1 is 1.42 bits per heavy atom. The number of thiazole rings is 1. The molecule has 0 spiro atoms. The Labute approximate surface area is 115 Å². The molecule has 0 bridgehead atoms. The fourth-order valence-electron chi connectivity index (χ4n) is 2.19. The fraction of sp³-hybridized carbons (Fsp3) is 0.429. The molecule has 1 N–H and O–H groups in total. The van der Waals surface area contributed by atoms with Crippen LogP contribution in [0.25, 0.3) is 10.2 Å². The molecule has 1 saturated carbocycles. The van der Waals surface area contributed by atoms with Crippen molar-refractivity contribution in [1.82, 2.24) is 4.57 Å². The predicted molar refractivity (Wildman–Crippen MR) is 77.8 cm³/mol. The minimum Gasteiger partial charge on any atom is -0.326 e. The summed E-state index contributed by atoms with van der Waals surface area (Å²) in [6.45, 7) is 3.99. The third kappa shape index (κ3) is 2.30. The molecule has 3 rings (SSSR count). The number of carbonyl (C=O) groups is 1. The molecule has 0 saturated heterocycles. The first-order chi connectivity index (χ1) is 9.06. The molecular formula is C14H16N2O2S. The third-order valence-corrected chi connectivity index (χ3v) is 4.26. The Kier molecular flexibility index (Phi) is 2.93. The summed E-state index contributed by atoms with van der Waals surface area (Å²) >= 11 is 1.23. The molecule has 1 aliphatic carbocycles. The number of hydrogen-bond donors (Lipinski definition) is 1. The second-order valence-electron chi connectivity index (χ2n) is 5.28. The largest absolute Gasteiger partial charge is 0.326 e. The highest BCUT2D eigenvalue weighted by Crippen LogP contribution is 2.31. The van der Waals surface area contributed by atoms with E-state index in [4.69, 9.17) is 0 Å². The zero-order valence-corrected chi connectivity index (χ0v) is 11.8. The molecule has 1 aliphatic rings. The highest BCUT2D eigenvalue weighted by molar-refractivity contribution is 7.16. The van der Waals surface area contributed by atoms with Gasteiger partial charge in [-0.2, -0.15) is 0 Å². The van der Waals surface area contributed by atoms with Crippen LogP contribution in [0.15, 0.2) is 23.0 Å². The predicted octanol–water partition coefficient (Wildman–Crippen LogP) is 2.99. The van der Waals surface area contributed by atoms with E-state index >= 15 is 0 Å². The Bertz CT molecular complexity index is 695. The Morgan fingerprint density at radius 3 is 2.79 bits per heavy atom. The summed E-state index contributed by atoms with van der Waals surface area (Å²) < 4.78 is 2.71. The fourth-order valence-corrected chi connectivity index (χ4v) is 3.25. The van der Waals surface area contributed by atoms with Gasteiger partial charge in [0, 0.05) is 17.6 Å². The van der Waals surface area contributed by atoms with Gasteiger partial charge in [-0.15, -0.1) is 0 Å². The van der Waals surface area contributed by atoms with Gasteiger partial charge in [-0.3, -0.25) is 14.2 Å². The monoisotopic (exact) mass is 276 g/mol. The summed E-state index contributed by atoms with van der Waals surface area (Å²) in [7, 11) is 0. The average molecular weight is 276 g/mol. The van der Waals surface area contributed by atoms with Crippen LogP contribution >= 0.6 is 11.3 Å². The molecule has 4 nitrogen and oxygen atoms in total. The number of hydrogen-bond acceptors (Lipinski definition) is 3. The van der Waals surface area contributed by atoms with Crippen LogP contribution in [0, 0.1) is 5.92 Å². The number of aromatic nitrogens is 1. The molecule has 1 aromatic carbocycles. The second kappa shape index (κ2) is 4.49. The van der Waals surface area contributed by atoms with Crippen molar-refractivity contribution in [2.45, 2.75) is 32.7 Å². The van der Waals surface area contributed by atoms with Gasteiger partial charge in [-0.25, -0.2) is 0 Å². The van der Waals surface area contributed by atoms with Crippen molar-refractivity contribution in [1.29, 1.82) is 0 Å². The molecule has 2 aromatic rings. The molecule has 0 atom stereocenters. The topological polar surface area (TPSA) is 51.1 Å². The van der Waals surface area contributed by atoms with Crippen molar-refractivity contribution < 1.29 is 4.79 Å². The molecular weight excluding hydrogens is 260 g/mol. The number of anilines is 1. The van der Waals surface area contributed by atoms with E-state index in [0.717, 1.165) is 28.7 Å². The van der Waals surface area contributed by atoms with E-state index in [1.165, 1.54) is 11.3 Å². The van der Waals surface area contributed by atoms with E-state index in [9.17, 15) is 9.59 Å². The van der Waals surface area contributed by atoms with E-state index in [1.54, 1.807) is 4.57 Å². The summed E-state index contributed by atoms with van der Waals surface area (Å²) in [4.78, 5) is 23.7. The van der Waals surface area contributed by atoms with Crippen molar-refractivity contribution in [3.63, 3.8) is 0 Å². The molecule has 5 heteroatoms. The minimum atomic E-state index is 0.0515. The van der Waals surface area contributed by atoms with Crippen molar-refractivity contribution in [3.05, 3.63) is 27.9 Å². The van der Waals surface area contributed by atoms with Crippen LogP contribution in [0.1, 0.15) is 32.7 Å². The maximum Gasteiger partial charge on any atom is 0.308 e. The highest BCUT2D eigenvalue weighted by atomic mass is 32.1. The molecule has 1 fully saturated rings. The van der Waals surface area contributed by atoms with Crippen molar-refractivity contribution in [2.24, 2.45) is 5.92 Å². The van der Waals surface area contributed by atoms with Crippen molar-refractivity contribution >= 4 is 33.1 Å². The lowest BCUT2D eigenvalue weighted by Crippen LogP contribution is -2.15. The average Bonchev–Trinajstić information content (AvgIpc) is 3.11. The van der Waals surface area contributed by atoms with Gasteiger partial charge in [-0.1, -0.05) is 11.3 Å². The van der Waals surface area contributed by atoms with E-state index < -0.39 is 0 Å². The van der Waals surface area contributed by atoms with Crippen LogP contribution in [-0.2, 0) is 4.79 Å². The van der Waals surface area contributed by atoms with E-state index in [0.29, 0.717) is 0 Å². The first-order valence-electron chi connectivity index (χ1n) is 6.52. The van der Waals surface area contributed by atoms with Gasteiger partial charge in [0.2, 0.25) is 5.91 Å². The van der Waals surface area contributed by atoms with Gasteiger partial charge in [0.1, 0.15) is 0 Å². The van der Waals surface area contributed by atoms with Crippen LogP contribution in [0.5, 0.6) is 0 Å².